The first kappa shape index (κ1) is 21.4. The minimum absolute atomic E-state index is 0.00178. The van der Waals surface area contributed by atoms with E-state index in [2.05, 4.69) is 10.6 Å². The van der Waals surface area contributed by atoms with Gasteiger partial charge in [0.05, 0.1) is 0 Å². The Morgan fingerprint density at radius 2 is 1.86 bits per heavy atom. The van der Waals surface area contributed by atoms with Crippen molar-refractivity contribution in [3.05, 3.63) is 29.8 Å². The van der Waals surface area contributed by atoms with Crippen molar-refractivity contribution >= 4 is 29.4 Å². The molecule has 1 fully saturated rings. The van der Waals surface area contributed by atoms with Crippen LogP contribution < -0.4 is 10.6 Å². The van der Waals surface area contributed by atoms with E-state index in [0.717, 1.165) is 19.3 Å². The zero-order valence-corrected chi connectivity index (χ0v) is 16.2. The fraction of sp³-hybridized carbons (Fsp3) is 0.500. The zero-order valence-electron chi connectivity index (χ0n) is 16.2. The second-order valence-electron chi connectivity index (χ2n) is 6.95. The van der Waals surface area contributed by atoms with Crippen LogP contribution in [0.5, 0.6) is 0 Å². The number of nitrogens with one attached hydrogen (secondary N) is 2. The summed E-state index contributed by atoms with van der Waals surface area (Å²) in [5.41, 5.74) is 0.810. The smallest absolute Gasteiger partial charge is 0.325 e. The first-order chi connectivity index (χ1) is 13.3. The average molecular weight is 389 g/mol. The van der Waals surface area contributed by atoms with Crippen molar-refractivity contribution in [1.82, 2.24) is 10.2 Å². The van der Waals surface area contributed by atoms with Crippen molar-refractivity contribution in [2.75, 3.05) is 11.9 Å². The van der Waals surface area contributed by atoms with Gasteiger partial charge in [-0.05, 0) is 56.9 Å². The second kappa shape index (κ2) is 9.87. The minimum Gasteiger partial charge on any atom is -0.480 e. The van der Waals surface area contributed by atoms with Crippen molar-refractivity contribution in [3.8, 4) is 0 Å². The Labute approximate surface area is 164 Å². The normalized spacial score (nSPS) is 17.5. The summed E-state index contributed by atoms with van der Waals surface area (Å²) in [6.45, 7) is 3.91. The van der Waals surface area contributed by atoms with Gasteiger partial charge >= 0.3 is 5.97 Å². The number of carbonyl (C=O) groups is 4. The number of benzene rings is 1. The van der Waals surface area contributed by atoms with E-state index >= 15 is 0 Å². The van der Waals surface area contributed by atoms with Crippen LogP contribution >= 0.6 is 0 Å². The highest BCUT2D eigenvalue weighted by atomic mass is 16.4. The summed E-state index contributed by atoms with van der Waals surface area (Å²) < 4.78 is 0. The highest BCUT2D eigenvalue weighted by Gasteiger charge is 2.31. The fourth-order valence-corrected chi connectivity index (χ4v) is 3.13. The summed E-state index contributed by atoms with van der Waals surface area (Å²) in [6.07, 6.45) is 3.61. The Bertz CT molecular complexity index is 732. The van der Waals surface area contributed by atoms with Crippen LogP contribution in [0.1, 0.15) is 56.3 Å². The lowest BCUT2D eigenvalue weighted by molar-refractivity contribution is -0.140. The number of rotatable bonds is 7. The molecule has 2 atom stereocenters. The Morgan fingerprint density at radius 1 is 1.18 bits per heavy atom. The van der Waals surface area contributed by atoms with Crippen LogP contribution in [0.2, 0.25) is 0 Å². The molecule has 152 valence electrons. The van der Waals surface area contributed by atoms with Crippen molar-refractivity contribution in [1.29, 1.82) is 0 Å². The molecular weight excluding hydrogens is 362 g/mol. The first-order valence-corrected chi connectivity index (χ1v) is 9.57. The Balaban J connectivity index is 2.00. The first-order valence-electron chi connectivity index (χ1n) is 9.57. The van der Waals surface area contributed by atoms with Gasteiger partial charge in [-0.1, -0.05) is 6.92 Å². The summed E-state index contributed by atoms with van der Waals surface area (Å²) in [7, 11) is 0. The second-order valence-corrected chi connectivity index (χ2v) is 6.95. The van der Waals surface area contributed by atoms with E-state index in [9.17, 15) is 19.2 Å². The number of piperidine rings is 1. The van der Waals surface area contributed by atoms with Crippen LogP contribution in [0, 0.1) is 0 Å². The SMILES string of the molecule is CCCC(=O)N1CCCCC1C(=O)Nc1ccc(C(=O)NC(C)C(=O)O)cc1. The lowest BCUT2D eigenvalue weighted by atomic mass is 10.0. The van der Waals surface area contributed by atoms with Gasteiger partial charge in [-0.3, -0.25) is 19.2 Å². The summed E-state index contributed by atoms with van der Waals surface area (Å²) in [4.78, 5) is 49.5. The van der Waals surface area contributed by atoms with E-state index in [-0.39, 0.29) is 11.8 Å². The molecular formula is C20H27N3O5. The predicted octanol–water partition coefficient (Wildman–Crippen LogP) is 2.01. The topological polar surface area (TPSA) is 116 Å². The number of hydrogen-bond acceptors (Lipinski definition) is 4. The Hall–Kier alpha value is -2.90. The number of nitrogens with zero attached hydrogens (tertiary/aromatic N) is 1. The van der Waals surface area contributed by atoms with Crippen LogP contribution in [0.4, 0.5) is 5.69 Å². The predicted molar refractivity (Wildman–Crippen MR) is 104 cm³/mol. The molecule has 28 heavy (non-hydrogen) atoms. The van der Waals surface area contributed by atoms with E-state index in [1.807, 2.05) is 6.92 Å². The van der Waals surface area contributed by atoms with Gasteiger partial charge in [0.15, 0.2) is 0 Å². The number of carbonyl (C=O) groups excluding carboxylic acids is 3. The largest absolute Gasteiger partial charge is 0.480 e. The van der Waals surface area contributed by atoms with E-state index in [1.54, 1.807) is 17.0 Å². The molecule has 1 aliphatic heterocycles. The third kappa shape index (κ3) is 5.55. The van der Waals surface area contributed by atoms with Crippen molar-refractivity contribution in [3.63, 3.8) is 0 Å². The molecule has 0 aliphatic carbocycles. The average Bonchev–Trinajstić information content (AvgIpc) is 2.68. The number of carboxylic acid groups (broad SMARTS) is 1. The van der Waals surface area contributed by atoms with Crippen LogP contribution in [-0.2, 0) is 14.4 Å². The molecule has 1 aromatic carbocycles. The molecule has 0 spiro atoms. The molecule has 0 aromatic heterocycles. The van der Waals surface area contributed by atoms with Gasteiger partial charge in [0.2, 0.25) is 11.8 Å². The zero-order chi connectivity index (χ0) is 20.7. The summed E-state index contributed by atoms with van der Waals surface area (Å²) in [5, 5.41) is 14.0. The van der Waals surface area contributed by atoms with E-state index in [4.69, 9.17) is 5.11 Å². The van der Waals surface area contributed by atoms with Crippen LogP contribution in [0.3, 0.4) is 0 Å². The van der Waals surface area contributed by atoms with Gasteiger partial charge in [-0.2, -0.15) is 0 Å². The Kier molecular flexibility index (Phi) is 7.54. The molecule has 1 aromatic rings. The van der Waals surface area contributed by atoms with Gasteiger partial charge in [0.1, 0.15) is 12.1 Å². The summed E-state index contributed by atoms with van der Waals surface area (Å²) in [5.74, 6) is -1.86. The van der Waals surface area contributed by atoms with E-state index in [1.165, 1.54) is 19.1 Å². The molecule has 2 rings (SSSR count). The van der Waals surface area contributed by atoms with Crippen LogP contribution in [0.25, 0.3) is 0 Å². The van der Waals surface area contributed by atoms with Gasteiger partial charge in [-0.25, -0.2) is 0 Å². The number of carboxylic acids is 1. The maximum atomic E-state index is 12.7. The minimum atomic E-state index is -1.12. The standard InChI is InChI=1S/C20H27N3O5/c1-3-6-17(24)23-12-5-4-7-16(23)19(26)22-15-10-8-14(9-11-15)18(25)21-13(2)20(27)28/h8-11,13,16H,3-7,12H2,1-2H3,(H,21,25)(H,22,26)(H,27,28). The molecule has 3 N–H and O–H groups in total. The number of likely N-dealkylation sites (tertiary alicyclic amines) is 1. The molecule has 0 radical (unpaired) electrons. The van der Waals surface area contributed by atoms with Gasteiger partial charge in [-0.15, -0.1) is 0 Å². The summed E-state index contributed by atoms with van der Waals surface area (Å²) >= 11 is 0. The fourth-order valence-electron chi connectivity index (χ4n) is 3.13. The number of anilines is 1. The molecule has 0 saturated carbocycles. The number of hydrogen-bond donors (Lipinski definition) is 3. The van der Waals surface area contributed by atoms with Crippen molar-refractivity contribution < 1.29 is 24.3 Å². The molecule has 1 heterocycles. The monoisotopic (exact) mass is 389 g/mol. The van der Waals surface area contributed by atoms with Crippen molar-refractivity contribution in [2.24, 2.45) is 0 Å². The van der Waals surface area contributed by atoms with Crippen LogP contribution in [-0.4, -0.2) is 52.3 Å². The molecule has 8 heteroatoms. The maximum absolute atomic E-state index is 12.7. The lowest BCUT2D eigenvalue weighted by Crippen LogP contribution is -2.49. The molecule has 1 saturated heterocycles. The van der Waals surface area contributed by atoms with Gasteiger partial charge in [0.25, 0.3) is 5.91 Å². The molecule has 1 aliphatic rings. The van der Waals surface area contributed by atoms with Crippen LogP contribution in [0.15, 0.2) is 24.3 Å². The van der Waals surface area contributed by atoms with E-state index < -0.39 is 24.0 Å². The highest BCUT2D eigenvalue weighted by molar-refractivity contribution is 5.99. The van der Waals surface area contributed by atoms with Crippen molar-refractivity contribution in [2.45, 2.75) is 58.0 Å². The summed E-state index contributed by atoms with van der Waals surface area (Å²) in [6, 6.07) is 4.72. The Morgan fingerprint density at radius 3 is 2.46 bits per heavy atom. The highest BCUT2D eigenvalue weighted by Crippen LogP contribution is 2.20. The van der Waals surface area contributed by atoms with E-state index in [0.29, 0.717) is 30.6 Å². The molecule has 2 unspecified atom stereocenters. The third-order valence-corrected chi connectivity index (χ3v) is 4.72. The maximum Gasteiger partial charge on any atom is 0.325 e. The quantitative estimate of drug-likeness (QED) is 0.660. The molecule has 0 bridgehead atoms. The number of aliphatic carboxylic acids is 1. The van der Waals surface area contributed by atoms with Gasteiger partial charge < -0.3 is 20.6 Å². The lowest BCUT2D eigenvalue weighted by Gasteiger charge is -2.34. The molecule has 3 amide bonds. The molecule has 8 nitrogen and oxygen atoms in total. The third-order valence-electron chi connectivity index (χ3n) is 4.72. The number of amides is 3. The van der Waals surface area contributed by atoms with Gasteiger partial charge in [0, 0.05) is 24.2 Å².